The first kappa shape index (κ1) is 23.6. The van der Waals surface area contributed by atoms with Crippen molar-refractivity contribution in [2.45, 2.75) is 15.0 Å². The van der Waals surface area contributed by atoms with Crippen LogP contribution in [0.15, 0.2) is 76.8 Å². The Labute approximate surface area is 186 Å². The van der Waals surface area contributed by atoms with Crippen molar-refractivity contribution < 1.29 is 30.7 Å². The van der Waals surface area contributed by atoms with Gasteiger partial charge in [0, 0.05) is 25.0 Å². The van der Waals surface area contributed by atoms with Crippen LogP contribution >= 0.6 is 0 Å². The molecular weight excluding hydrogens is 459 g/mol. The van der Waals surface area contributed by atoms with Crippen LogP contribution in [-0.2, 0) is 19.9 Å². The van der Waals surface area contributed by atoms with Crippen molar-refractivity contribution in [2.24, 2.45) is 0 Å². The van der Waals surface area contributed by atoms with Gasteiger partial charge in [0.1, 0.15) is 11.1 Å². The summed E-state index contributed by atoms with van der Waals surface area (Å²) < 4.78 is 78.2. The van der Waals surface area contributed by atoms with Gasteiger partial charge in [-0.2, -0.15) is 0 Å². The summed E-state index contributed by atoms with van der Waals surface area (Å²) in [7, 11) is -5.39. The van der Waals surface area contributed by atoms with E-state index in [4.69, 9.17) is 9.47 Å². The Kier molecular flexibility index (Phi) is 7.12. The third kappa shape index (κ3) is 5.06. The van der Waals surface area contributed by atoms with Gasteiger partial charge in [0.25, 0.3) is 0 Å². The highest BCUT2D eigenvalue weighted by atomic mass is 32.2. The van der Waals surface area contributed by atoms with Crippen molar-refractivity contribution >= 4 is 19.9 Å². The summed E-state index contributed by atoms with van der Waals surface area (Å²) in [5, 5.41) is -1.29. The molecule has 3 rings (SSSR count). The largest absolute Gasteiger partial charge is 0.493 e. The normalized spacial score (nSPS) is 12.8. The highest BCUT2D eigenvalue weighted by Crippen LogP contribution is 2.31. The van der Waals surface area contributed by atoms with E-state index in [0.29, 0.717) is 5.75 Å². The van der Waals surface area contributed by atoms with Gasteiger partial charge < -0.3 is 9.47 Å². The van der Waals surface area contributed by atoms with Crippen molar-refractivity contribution in [3.63, 3.8) is 0 Å². The Balaban J connectivity index is 1.95. The predicted octanol–water partition coefficient (Wildman–Crippen LogP) is 2.73. The third-order valence-corrected chi connectivity index (χ3v) is 8.24. The zero-order valence-electron chi connectivity index (χ0n) is 17.2. The lowest BCUT2D eigenvalue weighted by molar-refractivity contribution is 0.354. The smallest absolute Gasteiger partial charge is 0.240 e. The Bertz CT molecular complexity index is 1280. The molecule has 0 aliphatic heterocycles. The average Bonchev–Trinajstić information content (AvgIpc) is 2.79. The number of hydrogen-bond donors (Lipinski definition) is 1. The van der Waals surface area contributed by atoms with Crippen LogP contribution in [0.4, 0.5) is 4.39 Å². The number of sulfone groups is 1. The Morgan fingerprint density at radius 3 is 2.19 bits per heavy atom. The number of rotatable bonds is 9. The molecule has 1 heterocycles. The minimum atomic E-state index is -4.10. The number of pyridine rings is 1. The number of nitrogens with zero attached hydrogens (tertiary/aromatic N) is 1. The van der Waals surface area contributed by atoms with Crippen LogP contribution in [0, 0.1) is 5.82 Å². The molecule has 2 aromatic carbocycles. The second kappa shape index (κ2) is 9.63. The molecular formula is C21H21FN2O6S2. The van der Waals surface area contributed by atoms with Gasteiger partial charge in [0.15, 0.2) is 21.3 Å². The predicted molar refractivity (Wildman–Crippen MR) is 115 cm³/mol. The SMILES string of the molecule is COc1ccc(S(=O)(=O)NCC(c2cccnc2)S(=O)(=O)c2ccc(F)cc2)cc1OC. The van der Waals surface area contributed by atoms with Crippen LogP contribution in [0.25, 0.3) is 0 Å². The molecule has 11 heteroatoms. The topological polar surface area (TPSA) is 112 Å². The van der Waals surface area contributed by atoms with Gasteiger partial charge in [-0.15, -0.1) is 0 Å². The Morgan fingerprint density at radius 2 is 1.59 bits per heavy atom. The quantitative estimate of drug-likeness (QED) is 0.469. The lowest BCUT2D eigenvalue weighted by atomic mass is 10.2. The summed E-state index contributed by atoms with van der Waals surface area (Å²) in [5.74, 6) is -0.0345. The zero-order chi connectivity index (χ0) is 23.4. The molecule has 0 radical (unpaired) electrons. The molecule has 0 saturated carbocycles. The summed E-state index contributed by atoms with van der Waals surface area (Å²) in [6.45, 7) is -0.470. The van der Waals surface area contributed by atoms with Crippen LogP contribution in [0.5, 0.6) is 11.5 Å². The van der Waals surface area contributed by atoms with Crippen molar-refractivity contribution in [1.82, 2.24) is 9.71 Å². The molecule has 1 unspecified atom stereocenters. The molecule has 0 amide bonds. The third-order valence-electron chi connectivity index (χ3n) is 4.70. The number of nitrogens with one attached hydrogen (secondary N) is 1. The number of halogens is 1. The highest BCUT2D eigenvalue weighted by Gasteiger charge is 2.31. The zero-order valence-corrected chi connectivity index (χ0v) is 18.9. The van der Waals surface area contributed by atoms with Crippen LogP contribution in [0.3, 0.4) is 0 Å². The fourth-order valence-electron chi connectivity index (χ4n) is 3.01. The summed E-state index contributed by atoms with van der Waals surface area (Å²) in [6, 6.07) is 11.4. The number of benzene rings is 2. The molecule has 0 bridgehead atoms. The fourth-order valence-corrected chi connectivity index (χ4v) is 5.83. The van der Waals surface area contributed by atoms with E-state index in [1.807, 2.05) is 0 Å². The van der Waals surface area contributed by atoms with Crippen LogP contribution < -0.4 is 14.2 Å². The lowest BCUT2D eigenvalue weighted by Crippen LogP contribution is -2.32. The van der Waals surface area contributed by atoms with E-state index in [1.165, 1.54) is 50.9 Å². The molecule has 1 atom stereocenters. The van der Waals surface area contributed by atoms with Crippen LogP contribution in [0.2, 0.25) is 0 Å². The van der Waals surface area contributed by atoms with E-state index in [2.05, 4.69) is 9.71 Å². The van der Waals surface area contributed by atoms with Gasteiger partial charge in [-0.05, 0) is 48.0 Å². The van der Waals surface area contributed by atoms with E-state index >= 15 is 0 Å². The molecule has 3 aromatic rings. The second-order valence-corrected chi connectivity index (χ2v) is 10.5. The second-order valence-electron chi connectivity index (χ2n) is 6.64. The van der Waals surface area contributed by atoms with E-state index in [1.54, 1.807) is 6.07 Å². The first-order valence-electron chi connectivity index (χ1n) is 9.30. The van der Waals surface area contributed by atoms with Crippen molar-refractivity contribution in [2.75, 3.05) is 20.8 Å². The van der Waals surface area contributed by atoms with E-state index in [9.17, 15) is 21.2 Å². The molecule has 8 nitrogen and oxygen atoms in total. The first-order chi connectivity index (χ1) is 15.2. The molecule has 170 valence electrons. The van der Waals surface area contributed by atoms with Crippen LogP contribution in [-0.4, -0.2) is 42.6 Å². The Hall–Kier alpha value is -3.02. The average molecular weight is 481 g/mol. The van der Waals surface area contributed by atoms with Crippen LogP contribution in [0.1, 0.15) is 10.8 Å². The van der Waals surface area contributed by atoms with Gasteiger partial charge in [0.05, 0.1) is 24.0 Å². The molecule has 0 fully saturated rings. The van der Waals surface area contributed by atoms with Gasteiger partial charge >= 0.3 is 0 Å². The van der Waals surface area contributed by atoms with E-state index < -0.39 is 37.5 Å². The summed E-state index contributed by atoms with van der Waals surface area (Å²) in [6.07, 6.45) is 2.81. The maximum absolute atomic E-state index is 13.3. The van der Waals surface area contributed by atoms with Gasteiger partial charge in [-0.25, -0.2) is 25.9 Å². The van der Waals surface area contributed by atoms with Gasteiger partial charge in [-0.3, -0.25) is 4.98 Å². The van der Waals surface area contributed by atoms with E-state index in [-0.39, 0.29) is 21.1 Å². The minimum absolute atomic E-state index is 0.126. The van der Waals surface area contributed by atoms with Gasteiger partial charge in [0.2, 0.25) is 10.0 Å². The van der Waals surface area contributed by atoms with Gasteiger partial charge in [-0.1, -0.05) is 6.07 Å². The van der Waals surface area contributed by atoms with E-state index in [0.717, 1.165) is 24.3 Å². The number of hydrogen-bond acceptors (Lipinski definition) is 7. The van der Waals surface area contributed by atoms with Crippen molar-refractivity contribution in [3.05, 3.63) is 78.4 Å². The minimum Gasteiger partial charge on any atom is -0.493 e. The van der Waals surface area contributed by atoms with Crippen molar-refractivity contribution in [3.8, 4) is 11.5 Å². The lowest BCUT2D eigenvalue weighted by Gasteiger charge is -2.19. The van der Waals surface area contributed by atoms with Crippen molar-refractivity contribution in [1.29, 1.82) is 0 Å². The molecule has 0 saturated heterocycles. The first-order valence-corrected chi connectivity index (χ1v) is 12.3. The fraction of sp³-hybridized carbons (Fsp3) is 0.190. The monoisotopic (exact) mass is 480 g/mol. The Morgan fingerprint density at radius 1 is 0.938 bits per heavy atom. The molecule has 0 aliphatic rings. The summed E-state index contributed by atoms with van der Waals surface area (Å²) in [4.78, 5) is 3.67. The number of sulfonamides is 1. The molecule has 0 aliphatic carbocycles. The molecule has 1 N–H and O–H groups in total. The summed E-state index contributed by atoms with van der Waals surface area (Å²) in [5.41, 5.74) is 0.284. The number of aromatic nitrogens is 1. The standard InChI is InChI=1S/C21H21FN2O6S2/c1-29-19-10-9-18(12-20(19)30-2)32(27,28)24-14-21(15-4-3-11-23-13-15)31(25,26)17-7-5-16(22)6-8-17/h3-13,21,24H,14H2,1-2H3. The molecule has 1 aromatic heterocycles. The highest BCUT2D eigenvalue weighted by molar-refractivity contribution is 7.92. The molecule has 32 heavy (non-hydrogen) atoms. The number of ether oxygens (including phenoxy) is 2. The maximum atomic E-state index is 13.3. The molecule has 0 spiro atoms. The summed E-state index contributed by atoms with van der Waals surface area (Å²) >= 11 is 0. The number of methoxy groups -OCH3 is 2. The maximum Gasteiger partial charge on any atom is 0.240 e.